The number of rotatable bonds is 4. The van der Waals surface area contributed by atoms with Crippen LogP contribution in [0.4, 0.5) is 10.4 Å². The fraction of sp³-hybridized carbons (Fsp3) is 0.250. The Kier molecular flexibility index (Phi) is 3.64. The summed E-state index contributed by atoms with van der Waals surface area (Å²) in [4.78, 5) is 6.03. The Morgan fingerprint density at radius 1 is 1.35 bits per heavy atom. The van der Waals surface area contributed by atoms with Gasteiger partial charge in [-0.15, -0.1) is 11.6 Å². The van der Waals surface area contributed by atoms with Gasteiger partial charge in [0.2, 0.25) is 0 Å². The molecule has 0 atom stereocenters. The molecule has 0 fully saturated rings. The van der Waals surface area contributed by atoms with Gasteiger partial charge < -0.3 is 9.32 Å². The Morgan fingerprint density at radius 3 is 2.65 bits per heavy atom. The number of aromatic nitrogens is 1. The van der Waals surface area contributed by atoms with Crippen molar-refractivity contribution in [2.45, 2.75) is 12.4 Å². The maximum atomic E-state index is 12.7. The maximum Gasteiger partial charge on any atom is 0.297 e. The molecule has 90 valence electrons. The number of anilines is 1. The summed E-state index contributed by atoms with van der Waals surface area (Å²) in [5.74, 6) is 0.0883. The molecule has 0 bridgehead atoms. The van der Waals surface area contributed by atoms with Crippen LogP contribution in [0.5, 0.6) is 0 Å². The molecule has 1 aromatic carbocycles. The van der Waals surface area contributed by atoms with Crippen LogP contribution in [0, 0.1) is 5.82 Å². The molecule has 0 saturated heterocycles. The lowest BCUT2D eigenvalue weighted by molar-refractivity contribution is 0.544. The summed E-state index contributed by atoms with van der Waals surface area (Å²) >= 11 is 5.64. The second kappa shape index (κ2) is 5.19. The lowest BCUT2D eigenvalue weighted by atomic mass is 10.2. The molecule has 0 spiro atoms. The van der Waals surface area contributed by atoms with Gasteiger partial charge in [0.1, 0.15) is 12.1 Å². The minimum Gasteiger partial charge on any atom is -0.432 e. The highest BCUT2D eigenvalue weighted by molar-refractivity contribution is 6.16. The van der Waals surface area contributed by atoms with E-state index >= 15 is 0 Å². The molecule has 2 aromatic rings. The highest BCUT2D eigenvalue weighted by atomic mass is 35.5. The smallest absolute Gasteiger partial charge is 0.297 e. The topological polar surface area (TPSA) is 29.3 Å². The fourth-order valence-electron chi connectivity index (χ4n) is 1.46. The first-order valence-electron chi connectivity index (χ1n) is 5.15. The van der Waals surface area contributed by atoms with Crippen molar-refractivity contribution in [3.63, 3.8) is 0 Å². The number of nitrogens with zero attached hydrogens (tertiary/aromatic N) is 2. The quantitative estimate of drug-likeness (QED) is 0.785. The first kappa shape index (κ1) is 11.9. The van der Waals surface area contributed by atoms with Crippen molar-refractivity contribution >= 4 is 17.6 Å². The van der Waals surface area contributed by atoms with Crippen molar-refractivity contribution in [3.05, 3.63) is 47.6 Å². The van der Waals surface area contributed by atoms with Crippen LogP contribution in [0.3, 0.4) is 0 Å². The molecule has 0 aliphatic heterocycles. The van der Waals surface area contributed by atoms with E-state index in [2.05, 4.69) is 4.98 Å². The minimum atomic E-state index is -0.239. The van der Waals surface area contributed by atoms with Gasteiger partial charge in [0.05, 0.1) is 11.6 Å². The number of oxazole rings is 1. The van der Waals surface area contributed by atoms with Crippen molar-refractivity contribution in [1.82, 2.24) is 4.98 Å². The van der Waals surface area contributed by atoms with Gasteiger partial charge in [0.25, 0.3) is 6.01 Å². The zero-order valence-corrected chi connectivity index (χ0v) is 10.1. The van der Waals surface area contributed by atoms with E-state index in [0.29, 0.717) is 24.1 Å². The highest BCUT2D eigenvalue weighted by Gasteiger charge is 2.09. The lowest BCUT2D eigenvalue weighted by Gasteiger charge is -2.14. The third kappa shape index (κ3) is 2.97. The molecule has 0 saturated carbocycles. The first-order chi connectivity index (χ1) is 8.19. The Labute approximate surface area is 104 Å². The molecule has 3 nitrogen and oxygen atoms in total. The third-order valence-corrected chi connectivity index (χ3v) is 2.61. The summed E-state index contributed by atoms with van der Waals surface area (Å²) < 4.78 is 18.0. The number of hydrogen-bond acceptors (Lipinski definition) is 3. The summed E-state index contributed by atoms with van der Waals surface area (Å²) in [6.45, 7) is 0.600. The molecule has 1 heterocycles. The number of benzene rings is 1. The lowest BCUT2D eigenvalue weighted by Crippen LogP contribution is -2.16. The molecule has 17 heavy (non-hydrogen) atoms. The Bertz CT molecular complexity index is 484. The molecule has 0 amide bonds. The molecular formula is C12H12ClFN2O. The van der Waals surface area contributed by atoms with Crippen molar-refractivity contribution in [2.75, 3.05) is 11.9 Å². The highest BCUT2D eigenvalue weighted by Crippen LogP contribution is 2.16. The van der Waals surface area contributed by atoms with Crippen LogP contribution in [0.25, 0.3) is 0 Å². The van der Waals surface area contributed by atoms with E-state index in [9.17, 15) is 4.39 Å². The molecule has 0 aliphatic rings. The predicted molar refractivity (Wildman–Crippen MR) is 64.6 cm³/mol. The molecule has 2 rings (SSSR count). The molecule has 0 aliphatic carbocycles. The van der Waals surface area contributed by atoms with Gasteiger partial charge >= 0.3 is 0 Å². The maximum absolute atomic E-state index is 12.7. The summed E-state index contributed by atoms with van der Waals surface area (Å²) in [6.07, 6.45) is 1.53. The molecule has 0 unspecified atom stereocenters. The molecule has 5 heteroatoms. The van der Waals surface area contributed by atoms with Gasteiger partial charge in [-0.05, 0) is 17.7 Å². The average molecular weight is 255 g/mol. The van der Waals surface area contributed by atoms with Crippen LogP contribution in [-0.4, -0.2) is 12.0 Å². The van der Waals surface area contributed by atoms with E-state index < -0.39 is 0 Å². The number of hydrogen-bond donors (Lipinski definition) is 0. The van der Waals surface area contributed by atoms with Gasteiger partial charge in [-0.1, -0.05) is 12.1 Å². The number of alkyl halides is 1. The number of halogens is 2. The summed E-state index contributed by atoms with van der Waals surface area (Å²) in [5.41, 5.74) is 1.69. The van der Waals surface area contributed by atoms with Gasteiger partial charge in [0, 0.05) is 13.6 Å². The van der Waals surface area contributed by atoms with E-state index in [4.69, 9.17) is 16.0 Å². The Hall–Kier alpha value is -1.55. The van der Waals surface area contributed by atoms with Crippen LogP contribution in [0.15, 0.2) is 34.9 Å². The van der Waals surface area contributed by atoms with E-state index in [0.717, 1.165) is 5.56 Å². The molecule has 0 N–H and O–H groups in total. The molecule has 0 radical (unpaired) electrons. The molecule has 1 aromatic heterocycles. The summed E-state index contributed by atoms with van der Waals surface area (Å²) in [6, 6.07) is 6.84. The normalized spacial score (nSPS) is 10.5. The Morgan fingerprint density at radius 2 is 2.06 bits per heavy atom. The fourth-order valence-corrected chi connectivity index (χ4v) is 1.59. The second-order valence-corrected chi connectivity index (χ2v) is 4.00. The second-order valence-electron chi connectivity index (χ2n) is 3.74. The first-order valence-corrected chi connectivity index (χ1v) is 5.68. The average Bonchev–Trinajstić information content (AvgIpc) is 2.81. The largest absolute Gasteiger partial charge is 0.432 e. The zero-order chi connectivity index (χ0) is 12.3. The summed E-state index contributed by atoms with van der Waals surface area (Å²) in [5, 5.41) is 0. The van der Waals surface area contributed by atoms with E-state index in [1.54, 1.807) is 12.1 Å². The van der Waals surface area contributed by atoms with Crippen molar-refractivity contribution < 1.29 is 8.81 Å². The van der Waals surface area contributed by atoms with Crippen molar-refractivity contribution in [2.24, 2.45) is 0 Å². The third-order valence-electron chi connectivity index (χ3n) is 2.34. The van der Waals surface area contributed by atoms with Gasteiger partial charge in [-0.3, -0.25) is 0 Å². The Balaban J connectivity index is 2.05. The van der Waals surface area contributed by atoms with Crippen LogP contribution >= 0.6 is 11.6 Å². The van der Waals surface area contributed by atoms with Crippen molar-refractivity contribution in [1.29, 1.82) is 0 Å². The van der Waals surface area contributed by atoms with Crippen LogP contribution in [0.1, 0.15) is 11.3 Å². The standard InChI is InChI=1S/C12H12ClFN2O/c1-16(12-15-11(6-13)8-17-12)7-9-2-4-10(14)5-3-9/h2-5,8H,6-7H2,1H3. The van der Waals surface area contributed by atoms with Crippen LogP contribution < -0.4 is 4.90 Å². The van der Waals surface area contributed by atoms with E-state index in [1.807, 2.05) is 11.9 Å². The zero-order valence-electron chi connectivity index (χ0n) is 9.36. The van der Waals surface area contributed by atoms with E-state index in [1.165, 1.54) is 18.4 Å². The van der Waals surface area contributed by atoms with Gasteiger partial charge in [-0.2, -0.15) is 4.98 Å². The SMILES string of the molecule is CN(Cc1ccc(F)cc1)c1nc(CCl)co1. The predicted octanol–water partition coefficient (Wildman–Crippen LogP) is 3.19. The minimum absolute atomic E-state index is 0.239. The van der Waals surface area contributed by atoms with Gasteiger partial charge in [0.15, 0.2) is 0 Å². The van der Waals surface area contributed by atoms with Crippen LogP contribution in [-0.2, 0) is 12.4 Å². The van der Waals surface area contributed by atoms with Crippen molar-refractivity contribution in [3.8, 4) is 0 Å². The van der Waals surface area contributed by atoms with Gasteiger partial charge in [-0.25, -0.2) is 4.39 Å². The molecular weight excluding hydrogens is 243 g/mol. The van der Waals surface area contributed by atoms with E-state index in [-0.39, 0.29) is 5.82 Å². The monoisotopic (exact) mass is 254 g/mol. The summed E-state index contributed by atoms with van der Waals surface area (Å²) in [7, 11) is 1.85. The van der Waals surface area contributed by atoms with Crippen LogP contribution in [0.2, 0.25) is 0 Å².